The minimum Gasteiger partial charge on any atom is -0.356 e. The van der Waals surface area contributed by atoms with Gasteiger partial charge in [0.1, 0.15) is 17.7 Å². The summed E-state index contributed by atoms with van der Waals surface area (Å²) in [5.74, 6) is 0.377. The molecule has 0 bridgehead atoms. The SMILES string of the molecule is Cn1ccnc1[C@H](Nc1ncccc1C(F)(F)F)c1ccccc1. The number of pyridine rings is 1. The van der Waals surface area contributed by atoms with Crippen LogP contribution in [0, 0.1) is 0 Å². The zero-order valence-corrected chi connectivity index (χ0v) is 12.8. The maximum atomic E-state index is 13.2. The third kappa shape index (κ3) is 3.24. The monoisotopic (exact) mass is 332 g/mol. The number of rotatable bonds is 4. The number of imidazole rings is 1. The van der Waals surface area contributed by atoms with E-state index in [4.69, 9.17) is 0 Å². The van der Waals surface area contributed by atoms with Crippen LogP contribution < -0.4 is 5.32 Å². The second-order valence-corrected chi connectivity index (χ2v) is 5.28. The highest BCUT2D eigenvalue weighted by atomic mass is 19.4. The molecule has 7 heteroatoms. The molecule has 3 rings (SSSR count). The van der Waals surface area contributed by atoms with E-state index in [1.54, 1.807) is 24.0 Å². The molecule has 3 aromatic rings. The van der Waals surface area contributed by atoms with E-state index < -0.39 is 17.8 Å². The molecule has 0 aliphatic rings. The molecule has 0 saturated heterocycles. The fraction of sp³-hybridized carbons (Fsp3) is 0.176. The van der Waals surface area contributed by atoms with E-state index in [0.717, 1.165) is 11.6 Å². The molecule has 124 valence electrons. The molecule has 2 heterocycles. The van der Waals surface area contributed by atoms with Crippen molar-refractivity contribution in [3.8, 4) is 0 Å². The summed E-state index contributed by atoms with van der Waals surface area (Å²) in [6.45, 7) is 0. The van der Waals surface area contributed by atoms with Crippen LogP contribution in [0.2, 0.25) is 0 Å². The number of nitrogens with one attached hydrogen (secondary N) is 1. The van der Waals surface area contributed by atoms with E-state index in [2.05, 4.69) is 15.3 Å². The Morgan fingerprint density at radius 1 is 1.00 bits per heavy atom. The van der Waals surface area contributed by atoms with Crippen LogP contribution >= 0.6 is 0 Å². The van der Waals surface area contributed by atoms with Gasteiger partial charge in [0.25, 0.3) is 0 Å². The molecule has 0 radical (unpaired) electrons. The molecule has 1 N–H and O–H groups in total. The Morgan fingerprint density at radius 2 is 1.75 bits per heavy atom. The number of anilines is 1. The molecule has 0 unspecified atom stereocenters. The minimum atomic E-state index is -4.49. The van der Waals surface area contributed by atoms with E-state index in [1.165, 1.54) is 12.3 Å². The number of hydrogen-bond donors (Lipinski definition) is 1. The van der Waals surface area contributed by atoms with Gasteiger partial charge in [0.15, 0.2) is 0 Å². The predicted octanol–water partition coefficient (Wildman–Crippen LogP) is 4.04. The summed E-state index contributed by atoms with van der Waals surface area (Å²) in [5, 5.41) is 2.90. The lowest BCUT2D eigenvalue weighted by atomic mass is 10.1. The Kier molecular flexibility index (Phi) is 4.24. The highest BCUT2D eigenvalue weighted by Crippen LogP contribution is 2.35. The Bertz CT molecular complexity index is 812. The van der Waals surface area contributed by atoms with Gasteiger partial charge in [-0.05, 0) is 17.7 Å². The summed E-state index contributed by atoms with van der Waals surface area (Å²) >= 11 is 0. The highest BCUT2D eigenvalue weighted by Gasteiger charge is 2.35. The number of halogens is 3. The first-order valence-corrected chi connectivity index (χ1v) is 7.27. The van der Waals surface area contributed by atoms with E-state index in [0.29, 0.717) is 5.82 Å². The third-order valence-corrected chi connectivity index (χ3v) is 3.64. The lowest BCUT2D eigenvalue weighted by molar-refractivity contribution is -0.137. The van der Waals surface area contributed by atoms with Gasteiger partial charge in [-0.2, -0.15) is 13.2 Å². The summed E-state index contributed by atoms with van der Waals surface area (Å²) < 4.78 is 41.4. The summed E-state index contributed by atoms with van der Waals surface area (Å²) in [4.78, 5) is 8.15. The fourth-order valence-corrected chi connectivity index (χ4v) is 2.48. The second kappa shape index (κ2) is 6.35. The molecule has 0 aliphatic heterocycles. The fourth-order valence-electron chi connectivity index (χ4n) is 2.48. The molecule has 1 aromatic carbocycles. The van der Waals surface area contributed by atoms with E-state index >= 15 is 0 Å². The summed E-state index contributed by atoms with van der Waals surface area (Å²) in [5.41, 5.74) is -0.00859. The van der Waals surface area contributed by atoms with Crippen molar-refractivity contribution in [1.29, 1.82) is 0 Å². The first-order valence-electron chi connectivity index (χ1n) is 7.27. The van der Waals surface area contributed by atoms with Crippen LogP contribution in [0.3, 0.4) is 0 Å². The van der Waals surface area contributed by atoms with Crippen LogP contribution in [-0.4, -0.2) is 14.5 Å². The normalized spacial score (nSPS) is 12.8. The molecule has 2 aromatic heterocycles. The van der Waals surface area contributed by atoms with Crippen molar-refractivity contribution in [3.63, 3.8) is 0 Å². The Labute approximate surface area is 137 Å². The molecule has 0 spiro atoms. The van der Waals surface area contributed by atoms with Crippen LogP contribution in [0.5, 0.6) is 0 Å². The molecular formula is C17H15F3N4. The molecule has 0 aliphatic carbocycles. The highest BCUT2D eigenvalue weighted by molar-refractivity contribution is 5.49. The van der Waals surface area contributed by atoms with E-state index in [9.17, 15) is 13.2 Å². The van der Waals surface area contributed by atoms with Crippen LogP contribution in [0.25, 0.3) is 0 Å². The van der Waals surface area contributed by atoms with E-state index in [-0.39, 0.29) is 5.82 Å². The number of aryl methyl sites for hydroxylation is 1. The third-order valence-electron chi connectivity index (χ3n) is 3.64. The van der Waals surface area contributed by atoms with Crippen molar-refractivity contribution in [2.24, 2.45) is 7.05 Å². The quantitative estimate of drug-likeness (QED) is 0.784. The first kappa shape index (κ1) is 16.0. The maximum Gasteiger partial charge on any atom is 0.419 e. The zero-order chi connectivity index (χ0) is 17.2. The van der Waals surface area contributed by atoms with Gasteiger partial charge in [0, 0.05) is 25.6 Å². The molecule has 0 fully saturated rings. The van der Waals surface area contributed by atoms with Crippen LogP contribution in [0.4, 0.5) is 19.0 Å². The van der Waals surface area contributed by atoms with Crippen molar-refractivity contribution in [1.82, 2.24) is 14.5 Å². The van der Waals surface area contributed by atoms with Crippen molar-refractivity contribution >= 4 is 5.82 Å². The Balaban J connectivity index is 2.05. The lowest BCUT2D eigenvalue weighted by Gasteiger charge is -2.22. The van der Waals surface area contributed by atoms with Crippen LogP contribution in [-0.2, 0) is 13.2 Å². The number of nitrogens with zero attached hydrogens (tertiary/aromatic N) is 3. The number of hydrogen-bond acceptors (Lipinski definition) is 3. The van der Waals surface area contributed by atoms with Gasteiger partial charge in [-0.15, -0.1) is 0 Å². The number of alkyl halides is 3. The molecular weight excluding hydrogens is 317 g/mol. The van der Waals surface area contributed by atoms with Gasteiger partial charge in [-0.3, -0.25) is 0 Å². The average molecular weight is 332 g/mol. The van der Waals surface area contributed by atoms with Crippen molar-refractivity contribution in [3.05, 3.63) is 78.0 Å². The average Bonchev–Trinajstić information content (AvgIpc) is 2.99. The molecule has 1 atom stereocenters. The molecule has 0 amide bonds. The predicted molar refractivity (Wildman–Crippen MR) is 84.4 cm³/mol. The van der Waals surface area contributed by atoms with Crippen molar-refractivity contribution in [2.45, 2.75) is 12.2 Å². The van der Waals surface area contributed by atoms with Crippen molar-refractivity contribution in [2.75, 3.05) is 5.32 Å². The van der Waals surface area contributed by atoms with E-state index in [1.807, 2.05) is 30.3 Å². The van der Waals surface area contributed by atoms with Gasteiger partial charge >= 0.3 is 6.18 Å². The Hall–Kier alpha value is -2.83. The smallest absolute Gasteiger partial charge is 0.356 e. The maximum absolute atomic E-state index is 13.2. The lowest BCUT2D eigenvalue weighted by Crippen LogP contribution is -2.20. The molecule has 0 saturated carbocycles. The van der Waals surface area contributed by atoms with Gasteiger partial charge in [0.2, 0.25) is 0 Å². The van der Waals surface area contributed by atoms with Crippen LogP contribution in [0.1, 0.15) is 23.0 Å². The minimum absolute atomic E-state index is 0.221. The number of aromatic nitrogens is 3. The number of benzene rings is 1. The summed E-state index contributed by atoms with van der Waals surface area (Å²) in [6, 6.07) is 10.9. The Morgan fingerprint density at radius 3 is 2.38 bits per heavy atom. The van der Waals surface area contributed by atoms with Gasteiger partial charge in [0.05, 0.1) is 5.56 Å². The van der Waals surface area contributed by atoms with Gasteiger partial charge in [-0.25, -0.2) is 9.97 Å². The summed E-state index contributed by atoms with van der Waals surface area (Å²) in [6.07, 6.45) is 0.198. The zero-order valence-electron chi connectivity index (χ0n) is 12.8. The largest absolute Gasteiger partial charge is 0.419 e. The standard InChI is InChI=1S/C17H15F3N4/c1-24-11-10-22-16(24)14(12-6-3-2-4-7-12)23-15-13(17(18,19)20)8-5-9-21-15/h2-11,14H,1H3,(H,21,23)/t14-/m1/s1. The summed E-state index contributed by atoms with van der Waals surface area (Å²) in [7, 11) is 1.79. The van der Waals surface area contributed by atoms with Crippen molar-refractivity contribution < 1.29 is 13.2 Å². The molecule has 24 heavy (non-hydrogen) atoms. The molecule has 4 nitrogen and oxygen atoms in total. The first-order chi connectivity index (χ1) is 11.5. The second-order valence-electron chi connectivity index (χ2n) is 5.28. The van der Waals surface area contributed by atoms with Gasteiger partial charge < -0.3 is 9.88 Å². The van der Waals surface area contributed by atoms with Gasteiger partial charge in [-0.1, -0.05) is 30.3 Å². The van der Waals surface area contributed by atoms with Crippen LogP contribution in [0.15, 0.2) is 61.1 Å². The topological polar surface area (TPSA) is 42.7 Å².